The summed E-state index contributed by atoms with van der Waals surface area (Å²) in [7, 11) is 1.67. The van der Waals surface area contributed by atoms with Gasteiger partial charge in [0.2, 0.25) is 24.4 Å². The van der Waals surface area contributed by atoms with Crippen molar-refractivity contribution >= 4 is 23.6 Å². The smallest absolute Gasteiger partial charge is 0.246 e. The third-order valence-electron chi connectivity index (χ3n) is 4.13. The molecule has 2 heterocycles. The summed E-state index contributed by atoms with van der Waals surface area (Å²) in [5.74, 6) is 1.97. The van der Waals surface area contributed by atoms with E-state index in [1.807, 2.05) is 18.2 Å². The molecule has 1 aliphatic heterocycles. The van der Waals surface area contributed by atoms with Gasteiger partial charge in [-0.25, -0.2) is 0 Å². The quantitative estimate of drug-likeness (QED) is 0.609. The molecular weight excluding hydrogens is 382 g/mol. The fourth-order valence-corrected chi connectivity index (χ4v) is 2.75. The topological polar surface area (TPSA) is 77.7 Å². The van der Waals surface area contributed by atoms with Crippen molar-refractivity contribution in [2.45, 2.75) is 6.54 Å². The van der Waals surface area contributed by atoms with Gasteiger partial charge in [0.15, 0.2) is 11.5 Å². The third kappa shape index (κ3) is 3.99. The van der Waals surface area contributed by atoms with Crippen LogP contribution >= 0.6 is 11.6 Å². The summed E-state index contributed by atoms with van der Waals surface area (Å²) in [6.07, 6.45) is 3.20. The first-order valence-electron chi connectivity index (χ1n) is 8.50. The van der Waals surface area contributed by atoms with E-state index < -0.39 is 0 Å². The second kappa shape index (κ2) is 7.74. The Bertz CT molecular complexity index is 1030. The fraction of sp³-hybridized carbons (Fsp3) is 0.150. The lowest BCUT2D eigenvalue weighted by Crippen LogP contribution is -2.24. The van der Waals surface area contributed by atoms with E-state index in [1.54, 1.807) is 37.4 Å². The first kappa shape index (κ1) is 18.1. The number of fused-ring (bicyclic) bond motifs is 1. The fourth-order valence-electron chi connectivity index (χ4n) is 2.63. The summed E-state index contributed by atoms with van der Waals surface area (Å²) in [4.78, 5) is 18.2. The predicted molar refractivity (Wildman–Crippen MR) is 103 cm³/mol. The number of rotatable bonds is 5. The molecule has 1 aromatic heterocycles. The van der Waals surface area contributed by atoms with Crippen LogP contribution < -0.4 is 9.47 Å². The molecule has 0 saturated carbocycles. The number of hydrogen-bond acceptors (Lipinski definition) is 6. The van der Waals surface area contributed by atoms with E-state index >= 15 is 0 Å². The van der Waals surface area contributed by atoms with E-state index in [9.17, 15) is 4.79 Å². The first-order chi connectivity index (χ1) is 13.6. The van der Waals surface area contributed by atoms with E-state index in [0.717, 1.165) is 11.1 Å². The molecule has 0 radical (unpaired) electrons. The summed E-state index contributed by atoms with van der Waals surface area (Å²) < 4.78 is 15.8. The van der Waals surface area contributed by atoms with Crippen LogP contribution in [0.3, 0.4) is 0 Å². The molecule has 3 aromatic rings. The summed E-state index contributed by atoms with van der Waals surface area (Å²) >= 11 is 5.88. The van der Waals surface area contributed by atoms with Gasteiger partial charge in [0.05, 0.1) is 6.54 Å². The number of halogens is 1. The van der Waals surface area contributed by atoms with Crippen LogP contribution in [0, 0.1) is 0 Å². The maximum absolute atomic E-state index is 12.3. The van der Waals surface area contributed by atoms with Crippen molar-refractivity contribution in [1.82, 2.24) is 15.0 Å². The molecule has 1 amide bonds. The number of amides is 1. The molecule has 0 N–H and O–H groups in total. The normalized spacial score (nSPS) is 12.5. The van der Waals surface area contributed by atoms with Gasteiger partial charge in [-0.2, -0.15) is 4.98 Å². The van der Waals surface area contributed by atoms with Crippen molar-refractivity contribution in [2.75, 3.05) is 13.8 Å². The number of nitrogens with zero attached hydrogens (tertiary/aromatic N) is 3. The molecule has 8 heteroatoms. The molecule has 4 rings (SSSR count). The standard InChI is InChI=1S/C20H16ClN3O4/c1-24(11-18-22-20(23-28-18)14-4-6-15(21)7-5-14)19(25)9-3-13-2-8-16-17(10-13)27-12-26-16/h2-10H,11-12H2,1H3/b9-3+. The van der Waals surface area contributed by atoms with Crippen molar-refractivity contribution in [2.24, 2.45) is 0 Å². The Morgan fingerprint density at radius 3 is 2.79 bits per heavy atom. The lowest BCUT2D eigenvalue weighted by atomic mass is 10.2. The molecule has 0 atom stereocenters. The highest BCUT2D eigenvalue weighted by Crippen LogP contribution is 2.32. The van der Waals surface area contributed by atoms with Gasteiger partial charge in [0, 0.05) is 23.7 Å². The molecule has 0 fully saturated rings. The van der Waals surface area contributed by atoms with Gasteiger partial charge in [-0.3, -0.25) is 4.79 Å². The van der Waals surface area contributed by atoms with Crippen molar-refractivity contribution in [3.05, 3.63) is 65.0 Å². The Kier molecular flexibility index (Phi) is 4.99. The van der Waals surface area contributed by atoms with E-state index in [0.29, 0.717) is 28.2 Å². The van der Waals surface area contributed by atoms with Gasteiger partial charge < -0.3 is 18.9 Å². The summed E-state index contributed by atoms with van der Waals surface area (Å²) in [6, 6.07) is 12.6. The second-order valence-corrected chi connectivity index (χ2v) is 6.60. The Hall–Kier alpha value is -3.32. The maximum Gasteiger partial charge on any atom is 0.246 e. The predicted octanol–water partition coefficient (Wildman–Crippen LogP) is 3.79. The molecule has 7 nitrogen and oxygen atoms in total. The Balaban J connectivity index is 1.38. The molecule has 0 aliphatic carbocycles. The van der Waals surface area contributed by atoms with Crippen molar-refractivity contribution < 1.29 is 18.8 Å². The van der Waals surface area contributed by atoms with Crippen LogP contribution in [0.1, 0.15) is 11.5 Å². The number of hydrogen-bond donors (Lipinski definition) is 0. The zero-order valence-corrected chi connectivity index (χ0v) is 15.7. The number of carbonyl (C=O) groups excluding carboxylic acids is 1. The minimum atomic E-state index is -0.191. The molecule has 1 aliphatic rings. The van der Waals surface area contributed by atoms with Gasteiger partial charge >= 0.3 is 0 Å². The van der Waals surface area contributed by atoms with Crippen LogP contribution in [-0.2, 0) is 11.3 Å². The third-order valence-corrected chi connectivity index (χ3v) is 4.39. The molecule has 0 bridgehead atoms. The zero-order valence-electron chi connectivity index (χ0n) is 15.0. The van der Waals surface area contributed by atoms with E-state index in [-0.39, 0.29) is 19.2 Å². The summed E-state index contributed by atoms with van der Waals surface area (Å²) in [5, 5.41) is 4.58. The Labute approximate surface area is 166 Å². The Morgan fingerprint density at radius 2 is 1.96 bits per heavy atom. The molecule has 142 valence electrons. The van der Waals surface area contributed by atoms with E-state index in [1.165, 1.54) is 11.0 Å². The SMILES string of the molecule is CN(Cc1nc(-c2ccc(Cl)cc2)no1)C(=O)/C=C/c1ccc2c(c1)OCO2. The summed E-state index contributed by atoms with van der Waals surface area (Å²) in [5.41, 5.74) is 1.63. The first-order valence-corrected chi connectivity index (χ1v) is 8.87. The van der Waals surface area contributed by atoms with Crippen LogP contribution in [0.15, 0.2) is 53.1 Å². The van der Waals surface area contributed by atoms with Crippen molar-refractivity contribution in [3.63, 3.8) is 0 Å². The average Bonchev–Trinajstić information content (AvgIpc) is 3.35. The maximum atomic E-state index is 12.3. The molecule has 0 unspecified atom stereocenters. The van der Waals surface area contributed by atoms with Crippen LogP contribution in [0.2, 0.25) is 5.02 Å². The average molecular weight is 398 g/mol. The number of ether oxygens (including phenoxy) is 2. The van der Waals surface area contributed by atoms with Crippen LogP contribution in [-0.4, -0.2) is 34.8 Å². The molecule has 28 heavy (non-hydrogen) atoms. The highest BCUT2D eigenvalue weighted by Gasteiger charge is 2.14. The molecule has 0 saturated heterocycles. The molecular formula is C20H16ClN3O4. The van der Waals surface area contributed by atoms with Gasteiger partial charge in [0.25, 0.3) is 0 Å². The van der Waals surface area contributed by atoms with E-state index in [2.05, 4.69) is 10.1 Å². The van der Waals surface area contributed by atoms with Crippen molar-refractivity contribution in [1.29, 1.82) is 0 Å². The largest absolute Gasteiger partial charge is 0.454 e. The van der Waals surface area contributed by atoms with Crippen LogP contribution in [0.5, 0.6) is 11.5 Å². The van der Waals surface area contributed by atoms with Gasteiger partial charge in [-0.15, -0.1) is 0 Å². The van der Waals surface area contributed by atoms with Crippen molar-refractivity contribution in [3.8, 4) is 22.9 Å². The number of likely N-dealkylation sites (N-methyl/N-ethyl adjacent to an activating group) is 1. The lowest BCUT2D eigenvalue weighted by Gasteiger charge is -2.11. The molecule has 0 spiro atoms. The van der Waals surface area contributed by atoms with Gasteiger partial charge in [0.1, 0.15) is 0 Å². The minimum absolute atomic E-state index is 0.191. The second-order valence-electron chi connectivity index (χ2n) is 6.16. The monoisotopic (exact) mass is 397 g/mol. The minimum Gasteiger partial charge on any atom is -0.454 e. The van der Waals surface area contributed by atoms with Crippen LogP contribution in [0.4, 0.5) is 0 Å². The van der Waals surface area contributed by atoms with Gasteiger partial charge in [-0.1, -0.05) is 22.8 Å². The Morgan fingerprint density at radius 1 is 1.18 bits per heavy atom. The lowest BCUT2D eigenvalue weighted by molar-refractivity contribution is -0.125. The highest BCUT2D eigenvalue weighted by molar-refractivity contribution is 6.30. The highest BCUT2D eigenvalue weighted by atomic mass is 35.5. The van der Waals surface area contributed by atoms with Crippen LogP contribution in [0.25, 0.3) is 17.5 Å². The molecule has 2 aromatic carbocycles. The summed E-state index contributed by atoms with van der Waals surface area (Å²) in [6.45, 7) is 0.414. The number of benzene rings is 2. The van der Waals surface area contributed by atoms with Gasteiger partial charge in [-0.05, 0) is 48.0 Å². The number of carbonyl (C=O) groups is 1. The van der Waals surface area contributed by atoms with E-state index in [4.69, 9.17) is 25.6 Å². The zero-order chi connectivity index (χ0) is 19.5. The number of aromatic nitrogens is 2.